The van der Waals surface area contributed by atoms with Gasteiger partial charge >= 0.3 is 0 Å². The predicted octanol–water partition coefficient (Wildman–Crippen LogP) is 0.531. The van der Waals surface area contributed by atoms with Crippen LogP contribution >= 0.6 is 0 Å². The van der Waals surface area contributed by atoms with Crippen LogP contribution in [0.3, 0.4) is 0 Å². The molecule has 1 aromatic rings. The van der Waals surface area contributed by atoms with Crippen LogP contribution in [0.25, 0.3) is 0 Å². The topological polar surface area (TPSA) is 70.9 Å². The number of rotatable bonds is 4. The van der Waals surface area contributed by atoms with Gasteiger partial charge in [0.25, 0.3) is 0 Å². The SMILES string of the molecule is N=C(N)C1CCCN(CCn2cccn2)C1. The van der Waals surface area contributed by atoms with Gasteiger partial charge in [0.2, 0.25) is 0 Å². The van der Waals surface area contributed by atoms with Gasteiger partial charge in [0, 0.05) is 31.4 Å². The number of piperidine rings is 1. The van der Waals surface area contributed by atoms with Gasteiger partial charge in [-0.05, 0) is 25.5 Å². The number of nitrogens with one attached hydrogen (secondary N) is 1. The van der Waals surface area contributed by atoms with Crippen molar-refractivity contribution in [1.29, 1.82) is 5.41 Å². The number of nitrogens with two attached hydrogens (primary N) is 1. The van der Waals surface area contributed by atoms with E-state index in [0.717, 1.165) is 39.0 Å². The molecule has 0 bridgehead atoms. The molecule has 5 heteroatoms. The van der Waals surface area contributed by atoms with E-state index in [4.69, 9.17) is 11.1 Å². The largest absolute Gasteiger partial charge is 0.387 e. The van der Waals surface area contributed by atoms with Crippen molar-refractivity contribution >= 4 is 5.84 Å². The van der Waals surface area contributed by atoms with Crippen molar-refractivity contribution in [2.45, 2.75) is 19.4 Å². The molecule has 1 aromatic heterocycles. The van der Waals surface area contributed by atoms with Gasteiger partial charge in [0.1, 0.15) is 0 Å². The van der Waals surface area contributed by atoms with Crippen LogP contribution in [0, 0.1) is 11.3 Å². The molecule has 2 heterocycles. The third kappa shape index (κ3) is 2.82. The minimum absolute atomic E-state index is 0.256. The summed E-state index contributed by atoms with van der Waals surface area (Å²) in [5, 5.41) is 11.7. The van der Waals surface area contributed by atoms with Crippen LogP contribution < -0.4 is 5.73 Å². The predicted molar refractivity (Wildman–Crippen MR) is 63.3 cm³/mol. The second-order valence-corrected chi connectivity index (χ2v) is 4.36. The molecule has 0 radical (unpaired) electrons. The third-order valence-electron chi connectivity index (χ3n) is 3.15. The Bertz CT molecular complexity index is 332. The first kappa shape index (κ1) is 11.1. The highest BCUT2D eigenvalue weighted by molar-refractivity contribution is 5.79. The van der Waals surface area contributed by atoms with E-state index in [2.05, 4.69) is 10.00 Å². The summed E-state index contributed by atoms with van der Waals surface area (Å²) in [6.45, 7) is 3.95. The van der Waals surface area contributed by atoms with Gasteiger partial charge < -0.3 is 10.6 Å². The molecule has 2 rings (SSSR count). The molecule has 1 aliphatic heterocycles. The third-order valence-corrected chi connectivity index (χ3v) is 3.15. The summed E-state index contributed by atoms with van der Waals surface area (Å²) in [7, 11) is 0. The standard InChI is InChI=1S/C11H19N5/c12-11(13)10-3-1-5-15(9-10)7-8-16-6-2-4-14-16/h2,4,6,10H,1,3,5,7-9H2,(H3,12,13). The second kappa shape index (κ2) is 5.12. The Morgan fingerprint density at radius 2 is 2.38 bits per heavy atom. The van der Waals surface area contributed by atoms with E-state index in [-0.39, 0.29) is 5.92 Å². The zero-order valence-electron chi connectivity index (χ0n) is 9.47. The van der Waals surface area contributed by atoms with Crippen molar-refractivity contribution in [2.75, 3.05) is 19.6 Å². The molecule has 3 N–H and O–H groups in total. The number of amidine groups is 1. The fraction of sp³-hybridized carbons (Fsp3) is 0.636. The highest BCUT2D eigenvalue weighted by atomic mass is 15.3. The lowest BCUT2D eigenvalue weighted by Crippen LogP contribution is -2.42. The minimum atomic E-state index is 0.256. The Morgan fingerprint density at radius 1 is 1.50 bits per heavy atom. The smallest absolute Gasteiger partial charge is 0.0949 e. The van der Waals surface area contributed by atoms with Gasteiger partial charge in [0.15, 0.2) is 0 Å². The zero-order valence-corrected chi connectivity index (χ0v) is 9.47. The van der Waals surface area contributed by atoms with Gasteiger partial charge in [-0.3, -0.25) is 10.1 Å². The second-order valence-electron chi connectivity index (χ2n) is 4.36. The van der Waals surface area contributed by atoms with Crippen LogP contribution in [0.5, 0.6) is 0 Å². The van der Waals surface area contributed by atoms with E-state index in [9.17, 15) is 0 Å². The molecule has 16 heavy (non-hydrogen) atoms. The van der Waals surface area contributed by atoms with E-state index in [1.165, 1.54) is 0 Å². The highest BCUT2D eigenvalue weighted by Gasteiger charge is 2.21. The van der Waals surface area contributed by atoms with Gasteiger partial charge in [-0.25, -0.2) is 0 Å². The summed E-state index contributed by atoms with van der Waals surface area (Å²) in [6.07, 6.45) is 5.98. The number of aromatic nitrogens is 2. The Kier molecular flexibility index (Phi) is 3.56. The lowest BCUT2D eigenvalue weighted by Gasteiger charge is -2.31. The summed E-state index contributed by atoms with van der Waals surface area (Å²) < 4.78 is 1.94. The first-order chi connectivity index (χ1) is 7.75. The first-order valence-corrected chi connectivity index (χ1v) is 5.79. The van der Waals surface area contributed by atoms with Crippen LogP contribution in [0.1, 0.15) is 12.8 Å². The van der Waals surface area contributed by atoms with E-state index < -0.39 is 0 Å². The normalized spacial score (nSPS) is 22.1. The molecule has 0 spiro atoms. The van der Waals surface area contributed by atoms with Gasteiger partial charge in [-0.15, -0.1) is 0 Å². The Morgan fingerprint density at radius 3 is 3.06 bits per heavy atom. The van der Waals surface area contributed by atoms with Crippen LogP contribution in [-0.2, 0) is 6.54 Å². The monoisotopic (exact) mass is 221 g/mol. The van der Waals surface area contributed by atoms with Gasteiger partial charge in [-0.2, -0.15) is 5.10 Å². The van der Waals surface area contributed by atoms with Crippen molar-refractivity contribution < 1.29 is 0 Å². The maximum absolute atomic E-state index is 7.48. The lowest BCUT2D eigenvalue weighted by molar-refractivity contribution is 0.194. The molecule has 1 fully saturated rings. The number of nitrogens with zero attached hydrogens (tertiary/aromatic N) is 3. The fourth-order valence-corrected chi connectivity index (χ4v) is 2.19. The van der Waals surface area contributed by atoms with E-state index in [1.807, 2.05) is 16.9 Å². The van der Waals surface area contributed by atoms with Crippen LogP contribution in [-0.4, -0.2) is 40.2 Å². The summed E-state index contributed by atoms with van der Waals surface area (Å²) >= 11 is 0. The molecule has 1 atom stereocenters. The Labute approximate surface area is 95.7 Å². The summed E-state index contributed by atoms with van der Waals surface area (Å²) in [6, 6.07) is 1.94. The van der Waals surface area contributed by atoms with E-state index in [0.29, 0.717) is 5.84 Å². The van der Waals surface area contributed by atoms with Gasteiger partial charge in [-0.1, -0.05) is 0 Å². The van der Waals surface area contributed by atoms with Crippen molar-refractivity contribution in [3.05, 3.63) is 18.5 Å². The maximum Gasteiger partial charge on any atom is 0.0949 e. The number of hydrogen-bond acceptors (Lipinski definition) is 3. The fourth-order valence-electron chi connectivity index (χ4n) is 2.19. The van der Waals surface area contributed by atoms with Crippen LogP contribution in [0.15, 0.2) is 18.5 Å². The van der Waals surface area contributed by atoms with E-state index in [1.54, 1.807) is 6.20 Å². The van der Waals surface area contributed by atoms with Crippen LogP contribution in [0.2, 0.25) is 0 Å². The Hall–Kier alpha value is -1.36. The Balaban J connectivity index is 1.79. The molecule has 1 unspecified atom stereocenters. The highest BCUT2D eigenvalue weighted by Crippen LogP contribution is 2.15. The molecule has 1 saturated heterocycles. The summed E-state index contributed by atoms with van der Waals surface area (Å²) in [5.74, 6) is 0.593. The minimum Gasteiger partial charge on any atom is -0.387 e. The molecule has 0 saturated carbocycles. The number of likely N-dealkylation sites (tertiary alicyclic amines) is 1. The molecule has 88 valence electrons. The summed E-state index contributed by atoms with van der Waals surface area (Å²) in [4.78, 5) is 2.37. The molecule has 0 aliphatic carbocycles. The lowest BCUT2D eigenvalue weighted by atomic mass is 9.97. The van der Waals surface area contributed by atoms with Crippen molar-refractivity contribution in [3.8, 4) is 0 Å². The summed E-state index contributed by atoms with van der Waals surface area (Å²) in [5.41, 5.74) is 5.56. The van der Waals surface area contributed by atoms with E-state index >= 15 is 0 Å². The van der Waals surface area contributed by atoms with Gasteiger partial charge in [0.05, 0.1) is 12.4 Å². The molecule has 0 amide bonds. The molecule has 0 aromatic carbocycles. The number of hydrogen-bond donors (Lipinski definition) is 2. The average Bonchev–Trinajstić information content (AvgIpc) is 2.79. The maximum atomic E-state index is 7.48. The first-order valence-electron chi connectivity index (χ1n) is 5.79. The van der Waals surface area contributed by atoms with Crippen molar-refractivity contribution in [1.82, 2.24) is 14.7 Å². The molecule has 5 nitrogen and oxygen atoms in total. The van der Waals surface area contributed by atoms with Crippen molar-refractivity contribution in [3.63, 3.8) is 0 Å². The van der Waals surface area contributed by atoms with Crippen molar-refractivity contribution in [2.24, 2.45) is 11.7 Å². The van der Waals surface area contributed by atoms with Crippen LogP contribution in [0.4, 0.5) is 0 Å². The quantitative estimate of drug-likeness (QED) is 0.575. The zero-order chi connectivity index (χ0) is 11.4. The molecular formula is C11H19N5. The molecule has 1 aliphatic rings. The molecular weight excluding hydrogens is 202 g/mol. The average molecular weight is 221 g/mol.